The van der Waals surface area contributed by atoms with Crippen LogP contribution < -0.4 is 5.32 Å². The molecule has 0 saturated carbocycles. The van der Waals surface area contributed by atoms with Gasteiger partial charge in [0.25, 0.3) is 0 Å². The molecule has 0 radical (unpaired) electrons. The Bertz CT molecular complexity index is 484. The van der Waals surface area contributed by atoms with Crippen molar-refractivity contribution in [2.45, 2.75) is 52.2 Å². The number of rotatable bonds is 4. The van der Waals surface area contributed by atoms with Crippen molar-refractivity contribution in [1.82, 2.24) is 10.2 Å². The summed E-state index contributed by atoms with van der Waals surface area (Å²) in [6, 6.07) is 8.35. The van der Waals surface area contributed by atoms with Crippen LogP contribution in [0.5, 0.6) is 0 Å². The van der Waals surface area contributed by atoms with E-state index in [2.05, 4.69) is 36.5 Å². The first kappa shape index (κ1) is 16.8. The van der Waals surface area contributed by atoms with Crippen molar-refractivity contribution < 1.29 is 9.90 Å². The molecule has 1 aliphatic rings. The second-order valence-electron chi connectivity index (χ2n) is 6.36. The van der Waals surface area contributed by atoms with Gasteiger partial charge in [0, 0.05) is 19.0 Å². The Morgan fingerprint density at radius 2 is 2.05 bits per heavy atom. The molecule has 0 spiro atoms. The molecule has 0 aliphatic carbocycles. The molecule has 1 aliphatic heterocycles. The predicted octanol–water partition coefficient (Wildman–Crippen LogP) is 3.11. The molecule has 1 saturated heterocycles. The highest BCUT2D eigenvalue weighted by molar-refractivity contribution is 5.74. The lowest BCUT2D eigenvalue weighted by atomic mass is 9.93. The highest BCUT2D eigenvalue weighted by atomic mass is 16.3. The van der Waals surface area contributed by atoms with Crippen molar-refractivity contribution in [1.29, 1.82) is 0 Å². The van der Waals surface area contributed by atoms with Gasteiger partial charge in [-0.05, 0) is 44.2 Å². The zero-order valence-electron chi connectivity index (χ0n) is 13.9. The Hall–Kier alpha value is -1.55. The lowest BCUT2D eigenvalue weighted by molar-refractivity contribution is 0.0734. The number of amides is 2. The Morgan fingerprint density at radius 3 is 2.64 bits per heavy atom. The van der Waals surface area contributed by atoms with Crippen LogP contribution in [0, 0.1) is 5.92 Å². The summed E-state index contributed by atoms with van der Waals surface area (Å²) >= 11 is 0. The molecular weight excluding hydrogens is 276 g/mol. The molecule has 0 aromatic heterocycles. The van der Waals surface area contributed by atoms with Crippen molar-refractivity contribution in [3.8, 4) is 0 Å². The van der Waals surface area contributed by atoms with Crippen LogP contribution in [0.15, 0.2) is 24.3 Å². The van der Waals surface area contributed by atoms with Crippen LogP contribution in [0.3, 0.4) is 0 Å². The Morgan fingerprint density at radius 1 is 1.36 bits per heavy atom. The summed E-state index contributed by atoms with van der Waals surface area (Å²) in [5, 5.41) is 12.8. The monoisotopic (exact) mass is 304 g/mol. The van der Waals surface area contributed by atoms with E-state index in [-0.39, 0.29) is 24.1 Å². The minimum Gasteiger partial charge on any atom is -0.393 e. The highest BCUT2D eigenvalue weighted by Gasteiger charge is 2.27. The third-order valence-electron chi connectivity index (χ3n) is 4.66. The zero-order valence-corrected chi connectivity index (χ0v) is 13.9. The van der Waals surface area contributed by atoms with Crippen molar-refractivity contribution in [2.24, 2.45) is 5.92 Å². The van der Waals surface area contributed by atoms with E-state index in [0.717, 1.165) is 31.4 Å². The maximum Gasteiger partial charge on any atom is 0.317 e. The number of nitrogens with zero attached hydrogens (tertiary/aromatic N) is 1. The fourth-order valence-corrected chi connectivity index (χ4v) is 2.99. The van der Waals surface area contributed by atoms with Crippen LogP contribution in [-0.4, -0.2) is 35.2 Å². The van der Waals surface area contributed by atoms with E-state index in [1.54, 1.807) is 0 Å². The summed E-state index contributed by atoms with van der Waals surface area (Å²) < 4.78 is 0. The molecule has 0 bridgehead atoms. The van der Waals surface area contributed by atoms with Gasteiger partial charge in [-0.2, -0.15) is 0 Å². The second kappa shape index (κ2) is 7.63. The largest absolute Gasteiger partial charge is 0.393 e. The van der Waals surface area contributed by atoms with Crippen LogP contribution in [0.1, 0.15) is 50.8 Å². The molecule has 4 nitrogen and oxygen atoms in total. The van der Waals surface area contributed by atoms with Gasteiger partial charge in [-0.15, -0.1) is 0 Å². The summed E-state index contributed by atoms with van der Waals surface area (Å²) in [4.78, 5) is 14.2. The van der Waals surface area contributed by atoms with Crippen LogP contribution in [-0.2, 0) is 6.42 Å². The molecule has 3 unspecified atom stereocenters. The molecule has 1 heterocycles. The minimum atomic E-state index is -0.352. The number of aliphatic hydroxyl groups excluding tert-OH is 1. The summed E-state index contributed by atoms with van der Waals surface area (Å²) in [5.74, 6) is 0.193. The number of aliphatic hydroxyl groups is 1. The van der Waals surface area contributed by atoms with Crippen molar-refractivity contribution in [3.63, 3.8) is 0 Å². The van der Waals surface area contributed by atoms with E-state index >= 15 is 0 Å². The third kappa shape index (κ3) is 4.23. The van der Waals surface area contributed by atoms with Gasteiger partial charge in [-0.1, -0.05) is 31.2 Å². The number of nitrogens with one attached hydrogen (secondary N) is 1. The molecule has 3 atom stereocenters. The second-order valence-corrected chi connectivity index (χ2v) is 6.36. The minimum absolute atomic E-state index is 0.00895. The standard InChI is InChI=1S/C18H28N2O2/c1-4-15-7-9-16(10-8-15)13(2)19-18(22)20-11-5-6-17(12-20)14(3)21/h7-10,13-14,17,21H,4-6,11-12H2,1-3H3,(H,19,22). The molecule has 2 rings (SSSR count). The normalized spacial score (nSPS) is 21.3. The Labute approximate surface area is 133 Å². The van der Waals surface area contributed by atoms with Gasteiger partial charge in [-0.3, -0.25) is 0 Å². The van der Waals surface area contributed by atoms with Crippen LogP contribution in [0.25, 0.3) is 0 Å². The van der Waals surface area contributed by atoms with Crippen LogP contribution in [0.4, 0.5) is 4.79 Å². The summed E-state index contributed by atoms with van der Waals surface area (Å²) in [6.45, 7) is 7.37. The van der Waals surface area contributed by atoms with E-state index in [4.69, 9.17) is 0 Å². The molecule has 2 amide bonds. The highest BCUT2D eigenvalue weighted by Crippen LogP contribution is 2.21. The average molecular weight is 304 g/mol. The van der Waals surface area contributed by atoms with Gasteiger partial charge in [0.2, 0.25) is 0 Å². The number of urea groups is 1. The third-order valence-corrected chi connectivity index (χ3v) is 4.66. The first-order valence-corrected chi connectivity index (χ1v) is 8.33. The number of hydrogen-bond donors (Lipinski definition) is 2. The SMILES string of the molecule is CCc1ccc(C(C)NC(=O)N2CCCC(C(C)O)C2)cc1. The van der Waals surface area contributed by atoms with Gasteiger partial charge in [0.05, 0.1) is 12.1 Å². The van der Waals surface area contributed by atoms with Crippen LogP contribution in [0.2, 0.25) is 0 Å². The smallest absolute Gasteiger partial charge is 0.317 e. The number of hydrogen-bond acceptors (Lipinski definition) is 2. The van der Waals surface area contributed by atoms with E-state index < -0.39 is 0 Å². The van der Waals surface area contributed by atoms with Crippen molar-refractivity contribution in [2.75, 3.05) is 13.1 Å². The van der Waals surface area contributed by atoms with E-state index in [1.165, 1.54) is 5.56 Å². The fraction of sp³-hybridized carbons (Fsp3) is 0.611. The number of benzene rings is 1. The number of carbonyl (C=O) groups is 1. The molecule has 1 fully saturated rings. The molecular formula is C18H28N2O2. The molecule has 1 aromatic rings. The Balaban J connectivity index is 1.92. The Kier molecular flexibility index (Phi) is 5.83. The van der Waals surface area contributed by atoms with Gasteiger partial charge >= 0.3 is 6.03 Å². The number of aryl methyl sites for hydroxylation is 1. The molecule has 22 heavy (non-hydrogen) atoms. The van der Waals surface area contributed by atoms with E-state index in [1.807, 2.05) is 18.7 Å². The number of carbonyl (C=O) groups excluding carboxylic acids is 1. The van der Waals surface area contributed by atoms with Gasteiger partial charge in [-0.25, -0.2) is 4.79 Å². The quantitative estimate of drug-likeness (QED) is 0.898. The maximum atomic E-state index is 12.4. The number of piperidine rings is 1. The topological polar surface area (TPSA) is 52.6 Å². The van der Waals surface area contributed by atoms with Gasteiger partial charge in [0.15, 0.2) is 0 Å². The average Bonchev–Trinajstić information content (AvgIpc) is 2.54. The number of likely N-dealkylation sites (tertiary alicyclic amines) is 1. The lowest BCUT2D eigenvalue weighted by Crippen LogP contribution is -2.47. The first-order valence-electron chi connectivity index (χ1n) is 8.33. The van der Waals surface area contributed by atoms with E-state index in [0.29, 0.717) is 6.54 Å². The maximum absolute atomic E-state index is 12.4. The van der Waals surface area contributed by atoms with Gasteiger partial charge in [0.1, 0.15) is 0 Å². The molecule has 122 valence electrons. The molecule has 4 heteroatoms. The summed E-state index contributed by atoms with van der Waals surface area (Å²) in [5.41, 5.74) is 2.42. The molecule has 2 N–H and O–H groups in total. The summed E-state index contributed by atoms with van der Waals surface area (Å²) in [7, 11) is 0. The molecule has 1 aromatic carbocycles. The predicted molar refractivity (Wildman–Crippen MR) is 88.7 cm³/mol. The van der Waals surface area contributed by atoms with Gasteiger partial charge < -0.3 is 15.3 Å². The van der Waals surface area contributed by atoms with Crippen LogP contribution >= 0.6 is 0 Å². The van der Waals surface area contributed by atoms with Crippen molar-refractivity contribution >= 4 is 6.03 Å². The fourth-order valence-electron chi connectivity index (χ4n) is 2.99. The lowest BCUT2D eigenvalue weighted by Gasteiger charge is -2.34. The zero-order chi connectivity index (χ0) is 16.1. The van der Waals surface area contributed by atoms with Crippen molar-refractivity contribution in [3.05, 3.63) is 35.4 Å². The van der Waals surface area contributed by atoms with E-state index in [9.17, 15) is 9.90 Å². The summed E-state index contributed by atoms with van der Waals surface area (Å²) in [6.07, 6.45) is 2.63. The first-order chi connectivity index (χ1) is 10.5.